The molecule has 0 saturated heterocycles. The van der Waals surface area contributed by atoms with Gasteiger partial charge in [0.2, 0.25) is 0 Å². The molecule has 3 rings (SSSR count). The summed E-state index contributed by atoms with van der Waals surface area (Å²) in [6, 6.07) is 18.7. The monoisotopic (exact) mass is 394 g/mol. The molecule has 0 spiro atoms. The fourth-order valence-corrected chi connectivity index (χ4v) is 2.61. The van der Waals surface area contributed by atoms with E-state index in [9.17, 15) is 4.79 Å². The number of hydrogen-bond acceptors (Lipinski definition) is 4. The van der Waals surface area contributed by atoms with Crippen molar-refractivity contribution in [3.8, 4) is 17.0 Å². The predicted octanol–water partition coefficient (Wildman–Crippen LogP) is 4.47. The average Bonchev–Trinajstić information content (AvgIpc) is 3.20. The van der Waals surface area contributed by atoms with Crippen LogP contribution in [0.2, 0.25) is 0 Å². The summed E-state index contributed by atoms with van der Waals surface area (Å²) in [4.78, 5) is 12.2. The van der Waals surface area contributed by atoms with Crippen LogP contribution in [0.5, 0.6) is 5.75 Å². The molecule has 1 heterocycles. The summed E-state index contributed by atoms with van der Waals surface area (Å²) in [6.07, 6.45) is 3.12. The Morgan fingerprint density at radius 3 is 2.68 bits per heavy atom. The van der Waals surface area contributed by atoms with Crippen LogP contribution in [0.4, 0.5) is 0 Å². The first-order chi connectivity index (χ1) is 13.7. The molecular formula is C21H19ClN4O2. The van der Waals surface area contributed by atoms with Crippen molar-refractivity contribution in [3.05, 3.63) is 77.0 Å². The van der Waals surface area contributed by atoms with Crippen molar-refractivity contribution in [1.29, 1.82) is 0 Å². The summed E-state index contributed by atoms with van der Waals surface area (Å²) in [5, 5.41) is 11.1. The third-order valence-electron chi connectivity index (χ3n) is 3.74. The molecule has 0 atom stereocenters. The van der Waals surface area contributed by atoms with Crippen molar-refractivity contribution in [2.75, 3.05) is 6.61 Å². The number of aromatic nitrogens is 2. The van der Waals surface area contributed by atoms with Crippen molar-refractivity contribution < 1.29 is 9.53 Å². The zero-order valence-electron chi connectivity index (χ0n) is 15.2. The molecule has 0 radical (unpaired) electrons. The van der Waals surface area contributed by atoms with Crippen LogP contribution < -0.4 is 10.2 Å². The van der Waals surface area contributed by atoms with Gasteiger partial charge in [-0.15, -0.1) is 0 Å². The standard InChI is InChI=1S/C21H19ClN4O2/c1-2-28-18-10-8-16(9-11-18)19-13-20(25-24-19)21(27)26-23-14-17(22)12-15-6-4-3-5-7-15/h3-14H,2H2,1H3,(H,24,25)(H,26,27)/b17-12-,23-14-. The van der Waals surface area contributed by atoms with Crippen LogP contribution in [0.15, 0.2) is 70.8 Å². The first-order valence-corrected chi connectivity index (χ1v) is 9.08. The second-order valence-electron chi connectivity index (χ2n) is 5.76. The zero-order chi connectivity index (χ0) is 19.8. The van der Waals surface area contributed by atoms with Crippen LogP contribution >= 0.6 is 11.6 Å². The molecule has 0 aliphatic rings. The predicted molar refractivity (Wildman–Crippen MR) is 111 cm³/mol. The molecule has 2 N–H and O–H groups in total. The third-order valence-corrected chi connectivity index (χ3v) is 3.95. The Labute approximate surface area is 167 Å². The van der Waals surface area contributed by atoms with E-state index in [4.69, 9.17) is 16.3 Å². The number of carbonyl (C=O) groups excluding carboxylic acids is 1. The molecule has 1 aromatic heterocycles. The summed E-state index contributed by atoms with van der Waals surface area (Å²) < 4.78 is 5.42. The van der Waals surface area contributed by atoms with Crippen LogP contribution in [-0.2, 0) is 0 Å². The normalized spacial score (nSPS) is 11.6. The Morgan fingerprint density at radius 2 is 1.96 bits per heavy atom. The number of nitrogens with one attached hydrogen (secondary N) is 2. The van der Waals surface area contributed by atoms with Crippen LogP contribution in [0.25, 0.3) is 17.3 Å². The van der Waals surface area contributed by atoms with E-state index in [2.05, 4.69) is 20.7 Å². The molecule has 7 heteroatoms. The molecule has 0 saturated carbocycles. The average molecular weight is 395 g/mol. The minimum atomic E-state index is -0.412. The quantitative estimate of drug-likeness (QED) is 0.458. The number of hydrazone groups is 1. The first kappa shape index (κ1) is 19.4. The van der Waals surface area contributed by atoms with Gasteiger partial charge in [-0.3, -0.25) is 9.89 Å². The molecule has 28 heavy (non-hydrogen) atoms. The Balaban J connectivity index is 1.60. The van der Waals surface area contributed by atoms with Gasteiger partial charge >= 0.3 is 0 Å². The van der Waals surface area contributed by atoms with Crippen molar-refractivity contribution >= 4 is 29.8 Å². The fourth-order valence-electron chi connectivity index (χ4n) is 2.43. The Bertz CT molecular complexity index is 979. The summed E-state index contributed by atoms with van der Waals surface area (Å²) in [5.41, 5.74) is 5.18. The molecule has 6 nitrogen and oxygen atoms in total. The first-order valence-electron chi connectivity index (χ1n) is 8.70. The van der Waals surface area contributed by atoms with Crippen LogP contribution in [0, 0.1) is 0 Å². The summed E-state index contributed by atoms with van der Waals surface area (Å²) >= 11 is 6.09. The van der Waals surface area contributed by atoms with Gasteiger partial charge in [-0.2, -0.15) is 10.2 Å². The lowest BCUT2D eigenvalue weighted by atomic mass is 10.1. The highest BCUT2D eigenvalue weighted by atomic mass is 35.5. The number of H-pyrrole nitrogens is 1. The molecule has 0 bridgehead atoms. The van der Waals surface area contributed by atoms with Crippen LogP contribution in [0.1, 0.15) is 23.0 Å². The highest BCUT2D eigenvalue weighted by molar-refractivity contribution is 6.41. The summed E-state index contributed by atoms with van der Waals surface area (Å²) in [5.74, 6) is 0.375. The lowest BCUT2D eigenvalue weighted by Gasteiger charge is -2.02. The maximum Gasteiger partial charge on any atom is 0.289 e. The van der Waals surface area contributed by atoms with E-state index in [1.807, 2.05) is 61.5 Å². The third kappa shape index (κ3) is 5.31. The number of benzene rings is 2. The Kier molecular flexibility index (Phi) is 6.59. The Hall–Kier alpha value is -3.38. The van der Waals surface area contributed by atoms with Crippen molar-refractivity contribution in [2.45, 2.75) is 6.92 Å². The fraction of sp³-hybridized carbons (Fsp3) is 0.0952. The van der Waals surface area contributed by atoms with Gasteiger partial charge in [-0.25, -0.2) is 5.43 Å². The van der Waals surface area contributed by atoms with Crippen LogP contribution in [-0.4, -0.2) is 28.9 Å². The number of nitrogens with zero attached hydrogens (tertiary/aromatic N) is 2. The van der Waals surface area contributed by atoms with Crippen molar-refractivity contribution in [3.63, 3.8) is 0 Å². The van der Waals surface area contributed by atoms with Gasteiger partial charge in [0.25, 0.3) is 5.91 Å². The largest absolute Gasteiger partial charge is 0.494 e. The highest BCUT2D eigenvalue weighted by Gasteiger charge is 2.10. The van der Waals surface area contributed by atoms with Crippen molar-refractivity contribution in [1.82, 2.24) is 15.6 Å². The molecule has 142 valence electrons. The van der Waals surface area contributed by atoms with E-state index in [0.29, 0.717) is 23.0 Å². The van der Waals surface area contributed by atoms with E-state index in [1.54, 1.807) is 12.1 Å². The molecule has 0 fully saturated rings. The number of carbonyl (C=O) groups is 1. The number of halogens is 1. The maximum atomic E-state index is 12.2. The lowest BCUT2D eigenvalue weighted by molar-refractivity contribution is 0.0950. The van der Waals surface area contributed by atoms with E-state index >= 15 is 0 Å². The molecule has 0 unspecified atom stereocenters. The molecular weight excluding hydrogens is 376 g/mol. The second-order valence-corrected chi connectivity index (χ2v) is 6.20. The maximum absolute atomic E-state index is 12.2. The number of aromatic amines is 1. The van der Waals surface area contributed by atoms with Crippen LogP contribution in [0.3, 0.4) is 0 Å². The lowest BCUT2D eigenvalue weighted by Crippen LogP contribution is -2.17. The van der Waals surface area contributed by atoms with Gasteiger partial charge < -0.3 is 4.74 Å². The zero-order valence-corrected chi connectivity index (χ0v) is 16.0. The second kappa shape index (κ2) is 9.53. The SMILES string of the molecule is CCOc1ccc(-c2cc(C(=O)N/N=C\C(Cl)=C\c3ccccc3)[nH]n2)cc1. The minimum Gasteiger partial charge on any atom is -0.494 e. The van der Waals surface area contributed by atoms with Gasteiger partial charge in [0, 0.05) is 5.56 Å². The van der Waals surface area contributed by atoms with E-state index in [1.165, 1.54) is 6.21 Å². The minimum absolute atomic E-state index is 0.296. The number of ether oxygens (including phenoxy) is 1. The number of rotatable bonds is 7. The number of amides is 1. The van der Waals surface area contributed by atoms with E-state index in [-0.39, 0.29) is 0 Å². The van der Waals surface area contributed by atoms with Gasteiger partial charge in [0.15, 0.2) is 0 Å². The van der Waals surface area contributed by atoms with Gasteiger partial charge in [0.1, 0.15) is 11.4 Å². The van der Waals surface area contributed by atoms with Gasteiger partial charge in [0.05, 0.1) is 23.5 Å². The van der Waals surface area contributed by atoms with Gasteiger partial charge in [-0.05, 0) is 48.9 Å². The van der Waals surface area contributed by atoms with E-state index < -0.39 is 5.91 Å². The van der Waals surface area contributed by atoms with E-state index in [0.717, 1.165) is 16.9 Å². The molecule has 0 aliphatic heterocycles. The Morgan fingerprint density at radius 1 is 1.21 bits per heavy atom. The molecule has 3 aromatic rings. The highest BCUT2D eigenvalue weighted by Crippen LogP contribution is 2.21. The number of hydrogen-bond donors (Lipinski definition) is 2. The number of allylic oxidation sites excluding steroid dienone is 1. The smallest absolute Gasteiger partial charge is 0.289 e. The topological polar surface area (TPSA) is 79.4 Å². The van der Waals surface area contributed by atoms with Crippen molar-refractivity contribution in [2.24, 2.45) is 5.10 Å². The van der Waals surface area contributed by atoms with Gasteiger partial charge in [-0.1, -0.05) is 41.9 Å². The summed E-state index contributed by atoms with van der Waals surface area (Å²) in [7, 11) is 0. The summed E-state index contributed by atoms with van der Waals surface area (Å²) in [6.45, 7) is 2.54. The molecule has 1 amide bonds. The molecule has 2 aromatic carbocycles. The molecule has 0 aliphatic carbocycles.